The zero-order valence-corrected chi connectivity index (χ0v) is 26.4. The van der Waals surface area contributed by atoms with Gasteiger partial charge >= 0.3 is 0 Å². The van der Waals surface area contributed by atoms with E-state index in [0.29, 0.717) is 45.4 Å². The van der Waals surface area contributed by atoms with Gasteiger partial charge < -0.3 is 30.5 Å². The summed E-state index contributed by atoms with van der Waals surface area (Å²) in [7, 11) is 2.96. The summed E-state index contributed by atoms with van der Waals surface area (Å²) in [4.78, 5) is 40.4. The minimum atomic E-state index is -0.585. The van der Waals surface area contributed by atoms with E-state index in [4.69, 9.17) is 21.1 Å². The smallest absolute Gasteiger partial charge is 0.272 e. The number of aromatic hydroxyl groups is 1. The van der Waals surface area contributed by atoms with Crippen molar-refractivity contribution >= 4 is 58.5 Å². The highest BCUT2D eigenvalue weighted by Crippen LogP contribution is 2.31. The van der Waals surface area contributed by atoms with Crippen LogP contribution in [0, 0.1) is 0 Å². The van der Waals surface area contributed by atoms with Crippen LogP contribution < -0.4 is 25.4 Å². The lowest BCUT2D eigenvalue weighted by Gasteiger charge is -2.16. The van der Waals surface area contributed by atoms with Crippen molar-refractivity contribution in [2.45, 2.75) is 23.5 Å². The molecule has 0 saturated carbocycles. The lowest BCUT2D eigenvalue weighted by molar-refractivity contribution is -0.116. The van der Waals surface area contributed by atoms with Crippen molar-refractivity contribution in [2.75, 3.05) is 24.9 Å². The quantitative estimate of drug-likeness (QED) is 0.0967. The molecule has 0 fully saturated rings. The first kappa shape index (κ1) is 33.0. The molecule has 4 aromatic carbocycles. The lowest BCUT2D eigenvalue weighted by Crippen LogP contribution is -2.30. The molecular weight excluding hydrogens is 614 g/mol. The number of anilines is 2. The summed E-state index contributed by atoms with van der Waals surface area (Å²) in [6, 6.07) is 25.0. The van der Waals surface area contributed by atoms with Crippen LogP contribution in [0.4, 0.5) is 11.4 Å². The number of phenolic OH excluding ortho intramolecular Hbond substituents is 1. The van der Waals surface area contributed by atoms with Gasteiger partial charge in [-0.1, -0.05) is 42.8 Å². The molecule has 0 bridgehead atoms. The standard InChI is InChI=1S/C34H32ClN3O6S/c1-4-31(34(42)37-24-14-16-29(43-2)27(35)19-24)45-26-12-8-11-23(18-26)36-33(41)28(38-32(40)21-9-6-5-7-10-21)17-22-13-15-25(39)20-30(22)44-3/h5-20,31,39H,4H2,1-3H3,(H,36,41)(H,37,42)(H,38,40)/b28-17+. The highest BCUT2D eigenvalue weighted by Gasteiger charge is 2.20. The summed E-state index contributed by atoms with van der Waals surface area (Å²) in [5.41, 5.74) is 1.80. The fourth-order valence-corrected chi connectivity index (χ4v) is 5.49. The third-order valence-electron chi connectivity index (χ3n) is 6.50. The highest BCUT2D eigenvalue weighted by atomic mass is 35.5. The number of carbonyl (C=O) groups excluding carboxylic acids is 3. The monoisotopic (exact) mass is 645 g/mol. The minimum absolute atomic E-state index is 0.00972. The Bertz CT molecular complexity index is 1710. The van der Waals surface area contributed by atoms with E-state index in [2.05, 4.69) is 16.0 Å². The molecule has 0 radical (unpaired) electrons. The molecule has 0 aliphatic carbocycles. The van der Waals surface area contributed by atoms with E-state index in [9.17, 15) is 19.5 Å². The topological polar surface area (TPSA) is 126 Å². The fraction of sp³-hybridized carbons (Fsp3) is 0.147. The minimum Gasteiger partial charge on any atom is -0.508 e. The van der Waals surface area contributed by atoms with Crippen LogP contribution in [0.5, 0.6) is 17.2 Å². The van der Waals surface area contributed by atoms with E-state index in [0.717, 1.165) is 4.90 Å². The summed E-state index contributed by atoms with van der Waals surface area (Å²) >= 11 is 7.55. The molecular formula is C34H32ClN3O6S. The molecule has 0 spiro atoms. The van der Waals surface area contributed by atoms with Gasteiger partial charge in [0.25, 0.3) is 11.8 Å². The molecule has 45 heavy (non-hydrogen) atoms. The number of methoxy groups -OCH3 is 2. The zero-order valence-electron chi connectivity index (χ0n) is 24.8. The van der Waals surface area contributed by atoms with E-state index < -0.39 is 17.1 Å². The lowest BCUT2D eigenvalue weighted by atomic mass is 10.1. The number of ether oxygens (including phenoxy) is 2. The summed E-state index contributed by atoms with van der Waals surface area (Å²) in [6.45, 7) is 1.91. The molecule has 0 aliphatic heterocycles. The maximum atomic E-state index is 13.5. The Morgan fingerprint density at radius 1 is 0.867 bits per heavy atom. The van der Waals surface area contributed by atoms with Crippen molar-refractivity contribution in [1.29, 1.82) is 0 Å². The number of halogens is 1. The molecule has 0 saturated heterocycles. The third-order valence-corrected chi connectivity index (χ3v) is 8.15. The third kappa shape index (κ3) is 9.04. The number of amides is 3. The predicted octanol–water partition coefficient (Wildman–Crippen LogP) is 6.98. The van der Waals surface area contributed by atoms with Gasteiger partial charge in [0.1, 0.15) is 22.9 Å². The fourth-order valence-electron chi connectivity index (χ4n) is 4.22. The summed E-state index contributed by atoms with van der Waals surface area (Å²) in [5, 5.41) is 18.2. The molecule has 3 amide bonds. The van der Waals surface area contributed by atoms with Crippen LogP contribution in [0.1, 0.15) is 29.3 Å². The van der Waals surface area contributed by atoms with Crippen molar-refractivity contribution in [3.8, 4) is 17.2 Å². The van der Waals surface area contributed by atoms with Gasteiger partial charge in [-0.15, -0.1) is 11.8 Å². The molecule has 1 unspecified atom stereocenters. The maximum absolute atomic E-state index is 13.5. The largest absolute Gasteiger partial charge is 0.508 e. The Hall–Kier alpha value is -4.93. The molecule has 9 nitrogen and oxygen atoms in total. The summed E-state index contributed by atoms with van der Waals surface area (Å²) in [5.74, 6) is -0.450. The van der Waals surface area contributed by atoms with Gasteiger partial charge in [-0.2, -0.15) is 0 Å². The van der Waals surface area contributed by atoms with Crippen LogP contribution >= 0.6 is 23.4 Å². The van der Waals surface area contributed by atoms with Gasteiger partial charge in [0.05, 0.1) is 24.5 Å². The Kier molecular flexibility index (Phi) is 11.5. The van der Waals surface area contributed by atoms with E-state index in [-0.39, 0.29) is 17.4 Å². The first-order chi connectivity index (χ1) is 21.7. The van der Waals surface area contributed by atoms with Crippen LogP contribution in [0.25, 0.3) is 6.08 Å². The average molecular weight is 646 g/mol. The van der Waals surface area contributed by atoms with Gasteiger partial charge in [0.15, 0.2) is 0 Å². The second-order valence-electron chi connectivity index (χ2n) is 9.64. The van der Waals surface area contributed by atoms with Crippen LogP contribution in [-0.2, 0) is 9.59 Å². The molecule has 232 valence electrons. The number of hydrogen-bond donors (Lipinski definition) is 4. The first-order valence-corrected chi connectivity index (χ1v) is 15.1. The Morgan fingerprint density at radius 2 is 1.60 bits per heavy atom. The zero-order chi connectivity index (χ0) is 32.3. The second kappa shape index (κ2) is 15.7. The number of nitrogens with one attached hydrogen (secondary N) is 3. The summed E-state index contributed by atoms with van der Waals surface area (Å²) < 4.78 is 10.5. The first-order valence-electron chi connectivity index (χ1n) is 13.9. The number of benzene rings is 4. The van der Waals surface area contributed by atoms with Crippen molar-refractivity contribution in [1.82, 2.24) is 5.32 Å². The molecule has 0 heterocycles. The Labute approximate surface area is 270 Å². The molecule has 4 rings (SSSR count). The number of rotatable bonds is 12. The Balaban J connectivity index is 1.53. The maximum Gasteiger partial charge on any atom is 0.272 e. The molecule has 11 heteroatoms. The van der Waals surface area contributed by atoms with Crippen LogP contribution in [0.3, 0.4) is 0 Å². The molecule has 4 N–H and O–H groups in total. The van der Waals surface area contributed by atoms with Crippen LogP contribution in [-0.4, -0.2) is 42.3 Å². The number of thioether (sulfide) groups is 1. The van der Waals surface area contributed by atoms with E-state index in [1.807, 2.05) is 13.0 Å². The van der Waals surface area contributed by atoms with E-state index >= 15 is 0 Å². The predicted molar refractivity (Wildman–Crippen MR) is 178 cm³/mol. The molecule has 4 aromatic rings. The highest BCUT2D eigenvalue weighted by molar-refractivity contribution is 8.00. The van der Waals surface area contributed by atoms with Crippen molar-refractivity contribution in [3.63, 3.8) is 0 Å². The average Bonchev–Trinajstić information content (AvgIpc) is 3.04. The molecule has 0 aromatic heterocycles. The second-order valence-corrected chi connectivity index (χ2v) is 11.3. The van der Waals surface area contributed by atoms with Crippen LogP contribution in [0.2, 0.25) is 5.02 Å². The normalized spacial score (nSPS) is 11.7. The molecule has 0 aliphatic rings. The van der Waals surface area contributed by atoms with Crippen molar-refractivity contribution < 1.29 is 29.0 Å². The number of carbonyl (C=O) groups is 3. The van der Waals surface area contributed by atoms with Gasteiger partial charge in [0.2, 0.25) is 5.91 Å². The Morgan fingerprint density at radius 3 is 2.29 bits per heavy atom. The van der Waals surface area contributed by atoms with Crippen molar-refractivity contribution in [3.05, 3.63) is 113 Å². The van der Waals surface area contributed by atoms with Gasteiger partial charge in [-0.05, 0) is 73.2 Å². The van der Waals surface area contributed by atoms with Gasteiger partial charge in [-0.3, -0.25) is 14.4 Å². The van der Waals surface area contributed by atoms with Gasteiger partial charge in [-0.25, -0.2) is 0 Å². The van der Waals surface area contributed by atoms with E-state index in [1.165, 1.54) is 44.2 Å². The van der Waals surface area contributed by atoms with Gasteiger partial charge in [0, 0.05) is 33.5 Å². The number of phenols is 1. The SMILES string of the molecule is CCC(Sc1cccc(NC(=O)/C(=C\c2ccc(O)cc2OC)NC(=O)c2ccccc2)c1)C(=O)Nc1ccc(OC)c(Cl)c1. The van der Waals surface area contributed by atoms with Crippen molar-refractivity contribution in [2.24, 2.45) is 0 Å². The number of hydrogen-bond acceptors (Lipinski definition) is 7. The molecule has 1 atom stereocenters. The summed E-state index contributed by atoms with van der Waals surface area (Å²) in [6.07, 6.45) is 2.01. The van der Waals surface area contributed by atoms with Crippen LogP contribution in [0.15, 0.2) is 102 Å². The van der Waals surface area contributed by atoms with E-state index in [1.54, 1.807) is 72.8 Å².